The molecular weight excluding hydrogens is 288 g/mol. The monoisotopic (exact) mass is 312 g/mol. The summed E-state index contributed by atoms with van der Waals surface area (Å²) in [6, 6.07) is 6.47. The van der Waals surface area contributed by atoms with Crippen LogP contribution in [-0.2, 0) is 10.0 Å². The molecule has 0 heterocycles. The minimum absolute atomic E-state index is 0.0495. The molecular formula is C15H24N2O3S. The van der Waals surface area contributed by atoms with Crippen LogP contribution in [-0.4, -0.2) is 27.1 Å². The summed E-state index contributed by atoms with van der Waals surface area (Å²) in [6.07, 6.45) is 2.94. The molecule has 0 radical (unpaired) electrons. The van der Waals surface area contributed by atoms with Gasteiger partial charge in [0.25, 0.3) is 0 Å². The van der Waals surface area contributed by atoms with Gasteiger partial charge < -0.3 is 10.5 Å². The topological polar surface area (TPSA) is 81.4 Å². The first kappa shape index (κ1) is 16.3. The number of hydrogen-bond donors (Lipinski definition) is 2. The summed E-state index contributed by atoms with van der Waals surface area (Å²) >= 11 is 0. The summed E-state index contributed by atoms with van der Waals surface area (Å²) in [5, 5.41) is 0. The molecule has 0 spiro atoms. The van der Waals surface area contributed by atoms with Crippen LogP contribution < -0.4 is 15.2 Å². The van der Waals surface area contributed by atoms with Gasteiger partial charge in [0.05, 0.1) is 11.0 Å². The van der Waals surface area contributed by atoms with Crippen molar-refractivity contribution in [2.24, 2.45) is 11.7 Å². The van der Waals surface area contributed by atoms with Crippen molar-refractivity contribution < 1.29 is 13.2 Å². The highest BCUT2D eigenvalue weighted by molar-refractivity contribution is 7.89. The van der Waals surface area contributed by atoms with E-state index >= 15 is 0 Å². The molecule has 5 nitrogen and oxygen atoms in total. The molecule has 1 aliphatic carbocycles. The quantitative estimate of drug-likeness (QED) is 0.840. The van der Waals surface area contributed by atoms with Gasteiger partial charge in [0, 0.05) is 6.04 Å². The van der Waals surface area contributed by atoms with E-state index in [1.807, 2.05) is 13.8 Å². The second kappa shape index (κ2) is 6.77. The number of rotatable bonds is 6. The van der Waals surface area contributed by atoms with E-state index in [1.165, 1.54) is 0 Å². The lowest BCUT2D eigenvalue weighted by Gasteiger charge is -2.19. The van der Waals surface area contributed by atoms with Gasteiger partial charge in [-0.05, 0) is 63.4 Å². The number of sulfonamides is 1. The average molecular weight is 312 g/mol. The van der Waals surface area contributed by atoms with Crippen molar-refractivity contribution in [3.05, 3.63) is 24.3 Å². The molecule has 1 aliphatic rings. The summed E-state index contributed by atoms with van der Waals surface area (Å²) in [4.78, 5) is 0.265. The zero-order chi connectivity index (χ0) is 15.5. The van der Waals surface area contributed by atoms with E-state index in [2.05, 4.69) is 4.72 Å². The molecule has 0 aliphatic heterocycles. The summed E-state index contributed by atoms with van der Waals surface area (Å²) < 4.78 is 33.1. The van der Waals surface area contributed by atoms with E-state index in [0.717, 1.165) is 19.3 Å². The maximum Gasteiger partial charge on any atom is 0.240 e. The molecule has 0 saturated heterocycles. The third-order valence-corrected chi connectivity index (χ3v) is 5.28. The highest BCUT2D eigenvalue weighted by Gasteiger charge is 2.30. The molecule has 2 atom stereocenters. The molecule has 0 aromatic heterocycles. The van der Waals surface area contributed by atoms with Crippen molar-refractivity contribution in [3.8, 4) is 5.75 Å². The first-order valence-electron chi connectivity index (χ1n) is 7.41. The normalized spacial score (nSPS) is 22.7. The Morgan fingerprint density at radius 1 is 1.29 bits per heavy atom. The van der Waals surface area contributed by atoms with Gasteiger partial charge in [-0.1, -0.05) is 6.42 Å². The van der Waals surface area contributed by atoms with Crippen LogP contribution in [0.25, 0.3) is 0 Å². The van der Waals surface area contributed by atoms with Crippen LogP contribution in [0.15, 0.2) is 29.2 Å². The zero-order valence-corrected chi connectivity index (χ0v) is 13.4. The molecule has 1 aromatic carbocycles. The van der Waals surface area contributed by atoms with E-state index in [0.29, 0.717) is 12.3 Å². The summed E-state index contributed by atoms with van der Waals surface area (Å²) in [5.74, 6) is 0.910. The Morgan fingerprint density at radius 3 is 2.52 bits per heavy atom. The van der Waals surface area contributed by atoms with Crippen molar-refractivity contribution in [1.29, 1.82) is 0 Å². The summed E-state index contributed by atoms with van der Waals surface area (Å²) in [6.45, 7) is 4.38. The van der Waals surface area contributed by atoms with Crippen molar-refractivity contribution in [1.82, 2.24) is 4.72 Å². The molecule has 1 aromatic rings. The lowest BCUT2D eigenvalue weighted by molar-refractivity contribution is 0.242. The molecule has 6 heteroatoms. The van der Waals surface area contributed by atoms with Crippen molar-refractivity contribution in [2.75, 3.05) is 6.54 Å². The second-order valence-electron chi connectivity index (χ2n) is 5.79. The molecule has 0 amide bonds. The smallest absolute Gasteiger partial charge is 0.240 e. The Labute approximate surface area is 126 Å². The van der Waals surface area contributed by atoms with Crippen LogP contribution >= 0.6 is 0 Å². The fourth-order valence-corrected chi connectivity index (χ4v) is 4.05. The van der Waals surface area contributed by atoms with E-state index in [9.17, 15) is 8.42 Å². The standard InChI is InChI=1S/C15H24N2O3S/c1-11(2)20-13-6-8-14(9-7-13)21(18,19)17-15-5-3-4-12(15)10-16/h6-9,11-12,15,17H,3-5,10,16H2,1-2H3. The summed E-state index contributed by atoms with van der Waals surface area (Å²) in [7, 11) is -3.49. The predicted molar refractivity (Wildman–Crippen MR) is 82.7 cm³/mol. The van der Waals surface area contributed by atoms with Crippen molar-refractivity contribution >= 4 is 10.0 Å². The van der Waals surface area contributed by atoms with Gasteiger partial charge in [-0.15, -0.1) is 0 Å². The second-order valence-corrected chi connectivity index (χ2v) is 7.51. The molecule has 0 bridgehead atoms. The third kappa shape index (κ3) is 4.18. The highest BCUT2D eigenvalue weighted by atomic mass is 32.2. The first-order chi connectivity index (χ1) is 9.92. The third-order valence-electron chi connectivity index (χ3n) is 3.77. The van der Waals surface area contributed by atoms with E-state index < -0.39 is 10.0 Å². The fraction of sp³-hybridized carbons (Fsp3) is 0.600. The van der Waals surface area contributed by atoms with Crippen LogP contribution in [0.2, 0.25) is 0 Å². The Hall–Kier alpha value is -1.11. The van der Waals surface area contributed by atoms with Crippen molar-refractivity contribution in [2.45, 2.75) is 50.2 Å². The van der Waals surface area contributed by atoms with E-state index in [1.54, 1.807) is 24.3 Å². The molecule has 1 saturated carbocycles. The molecule has 1 fully saturated rings. The minimum atomic E-state index is -3.49. The number of ether oxygens (including phenoxy) is 1. The van der Waals surface area contributed by atoms with Crippen LogP contribution in [0.1, 0.15) is 33.1 Å². The lowest BCUT2D eigenvalue weighted by Crippen LogP contribution is -2.39. The van der Waals surface area contributed by atoms with Crippen LogP contribution in [0.4, 0.5) is 0 Å². The van der Waals surface area contributed by atoms with Gasteiger partial charge in [-0.25, -0.2) is 13.1 Å². The number of hydrogen-bond acceptors (Lipinski definition) is 4. The Balaban J connectivity index is 2.08. The minimum Gasteiger partial charge on any atom is -0.491 e. The Bertz CT molecular complexity index is 555. The Kier molecular flexibility index (Phi) is 5.24. The average Bonchev–Trinajstić information content (AvgIpc) is 2.85. The first-order valence-corrected chi connectivity index (χ1v) is 8.90. The van der Waals surface area contributed by atoms with Gasteiger partial charge in [-0.2, -0.15) is 0 Å². The van der Waals surface area contributed by atoms with E-state index in [-0.39, 0.29) is 23.0 Å². The van der Waals surface area contributed by atoms with Crippen LogP contribution in [0, 0.1) is 5.92 Å². The fourth-order valence-electron chi connectivity index (χ4n) is 2.71. The predicted octanol–water partition coefficient (Wildman–Crippen LogP) is 1.88. The van der Waals surface area contributed by atoms with Crippen molar-refractivity contribution in [3.63, 3.8) is 0 Å². The number of benzene rings is 1. The van der Waals surface area contributed by atoms with Gasteiger partial charge in [0.1, 0.15) is 5.75 Å². The van der Waals surface area contributed by atoms with Gasteiger partial charge in [-0.3, -0.25) is 0 Å². The molecule has 3 N–H and O–H groups in total. The summed E-state index contributed by atoms with van der Waals surface area (Å²) in [5.41, 5.74) is 5.70. The van der Waals surface area contributed by atoms with Gasteiger partial charge >= 0.3 is 0 Å². The number of nitrogens with one attached hydrogen (secondary N) is 1. The van der Waals surface area contributed by atoms with Gasteiger partial charge in [0.2, 0.25) is 10.0 Å². The number of nitrogens with two attached hydrogens (primary N) is 1. The highest BCUT2D eigenvalue weighted by Crippen LogP contribution is 2.26. The van der Waals surface area contributed by atoms with Gasteiger partial charge in [0.15, 0.2) is 0 Å². The molecule has 2 rings (SSSR count). The molecule has 21 heavy (non-hydrogen) atoms. The van der Waals surface area contributed by atoms with Crippen LogP contribution in [0.3, 0.4) is 0 Å². The van der Waals surface area contributed by atoms with Crippen LogP contribution in [0.5, 0.6) is 5.75 Å². The van der Waals surface area contributed by atoms with E-state index in [4.69, 9.17) is 10.5 Å². The largest absolute Gasteiger partial charge is 0.491 e. The zero-order valence-electron chi connectivity index (χ0n) is 12.6. The maximum atomic E-state index is 12.4. The maximum absolute atomic E-state index is 12.4. The lowest BCUT2D eigenvalue weighted by atomic mass is 10.1. The molecule has 2 unspecified atom stereocenters. The molecule has 118 valence electrons. The Morgan fingerprint density at radius 2 is 1.95 bits per heavy atom. The SMILES string of the molecule is CC(C)Oc1ccc(S(=O)(=O)NC2CCCC2CN)cc1.